The minimum absolute atomic E-state index is 0.0833. The van der Waals surface area contributed by atoms with Crippen LogP contribution in [-0.4, -0.2) is 46.8 Å². The number of hydrogen-bond acceptors (Lipinski definition) is 2. The third-order valence-corrected chi connectivity index (χ3v) is 11.3. The molecule has 0 saturated carbocycles. The van der Waals surface area contributed by atoms with Gasteiger partial charge >= 0.3 is 123 Å². The van der Waals surface area contributed by atoms with E-state index in [1.165, 1.54) is 75.6 Å². The van der Waals surface area contributed by atoms with Gasteiger partial charge in [-0.25, -0.2) is 9.59 Å². The Morgan fingerprint density at radius 2 is 0.862 bits per heavy atom. The summed E-state index contributed by atoms with van der Waals surface area (Å²) in [5.41, 5.74) is 0.167. The summed E-state index contributed by atoms with van der Waals surface area (Å²) in [6.45, 7) is 9.44. The van der Waals surface area contributed by atoms with Crippen LogP contribution in [0.1, 0.15) is 99.8 Å². The van der Waals surface area contributed by atoms with Crippen molar-refractivity contribution in [1.29, 1.82) is 0 Å². The molecule has 1 aromatic rings. The van der Waals surface area contributed by atoms with Crippen LogP contribution in [0.5, 0.6) is 0 Å². The van der Waals surface area contributed by atoms with Crippen molar-refractivity contribution < 1.29 is 19.8 Å². The second-order valence-electron chi connectivity index (χ2n) is 8.10. The van der Waals surface area contributed by atoms with Crippen molar-refractivity contribution in [3.63, 3.8) is 0 Å². The number of aromatic carboxylic acids is 2. The van der Waals surface area contributed by atoms with Crippen molar-refractivity contribution in [2.75, 3.05) is 24.6 Å². The molecule has 0 atom stereocenters. The van der Waals surface area contributed by atoms with E-state index in [1.54, 1.807) is 24.6 Å². The molecule has 29 heavy (non-hydrogen) atoms. The number of carbonyl (C=O) groups is 2. The van der Waals surface area contributed by atoms with Gasteiger partial charge < -0.3 is 10.2 Å². The smallest absolute Gasteiger partial charge is 0.335 e. The van der Waals surface area contributed by atoms with Crippen LogP contribution in [0.2, 0.25) is 0 Å². The van der Waals surface area contributed by atoms with Gasteiger partial charge in [-0.1, -0.05) is 0 Å². The van der Waals surface area contributed by atoms with Crippen molar-refractivity contribution in [3.05, 3.63) is 35.4 Å². The molecule has 0 heterocycles. The molecule has 168 valence electrons. The molecule has 0 unspecified atom stereocenters. The number of benzene rings is 1. The van der Waals surface area contributed by atoms with E-state index >= 15 is 0 Å². The summed E-state index contributed by atoms with van der Waals surface area (Å²) in [6.07, 6.45) is 18.1. The molecule has 0 radical (unpaired) electrons. The maximum Gasteiger partial charge on any atom is 0.335 e. The van der Waals surface area contributed by atoms with Crippen molar-refractivity contribution in [1.82, 2.24) is 0 Å². The first-order valence-corrected chi connectivity index (χ1v) is 14.2. The minimum Gasteiger partial charge on any atom is -0.478 e. The van der Waals surface area contributed by atoms with Crippen molar-refractivity contribution in [2.24, 2.45) is 0 Å². The number of unbranched alkanes of at least 4 members (excludes halogenated alkanes) is 4. The fourth-order valence-corrected chi connectivity index (χ4v) is 9.63. The largest absolute Gasteiger partial charge is 0.478 e. The van der Waals surface area contributed by atoms with E-state index in [4.69, 9.17) is 10.2 Å². The summed E-state index contributed by atoms with van der Waals surface area (Å²) in [5.74, 6) is -2.13. The van der Waals surface area contributed by atoms with Gasteiger partial charge in [0, 0.05) is 0 Å². The Morgan fingerprint density at radius 1 is 0.621 bits per heavy atom. The second kappa shape index (κ2) is 16.4. The molecule has 0 spiro atoms. The molecular weight excluding hydrogens is 383 g/mol. The predicted octanol–water partition coefficient (Wildman–Crippen LogP) is 7.02. The van der Waals surface area contributed by atoms with E-state index in [2.05, 4.69) is 27.7 Å². The first-order chi connectivity index (χ1) is 13.9. The normalized spacial score (nSPS) is 11.4. The summed E-state index contributed by atoms with van der Waals surface area (Å²) in [7, 11) is -0.879. The van der Waals surface area contributed by atoms with Gasteiger partial charge in [0.25, 0.3) is 0 Å². The van der Waals surface area contributed by atoms with Crippen LogP contribution in [0.3, 0.4) is 0 Å². The first kappa shape index (κ1) is 27.6. The Bertz CT molecular complexity index is 498. The van der Waals surface area contributed by atoms with Gasteiger partial charge in [-0.2, -0.15) is 0 Å². The molecule has 1 aromatic carbocycles. The first-order valence-electron chi connectivity index (χ1n) is 11.4. The SMILES string of the molecule is CCCC[PH](CCCC)(CCCC)CCCC.O=C(O)c1ccc(C(=O)O)cc1. The summed E-state index contributed by atoms with van der Waals surface area (Å²) in [5, 5.41) is 16.9. The average Bonchev–Trinajstić information content (AvgIpc) is 2.73. The topological polar surface area (TPSA) is 74.6 Å². The number of carboxylic acid groups (broad SMARTS) is 2. The van der Waals surface area contributed by atoms with Crippen LogP contribution in [0.25, 0.3) is 0 Å². The average molecular weight is 427 g/mol. The van der Waals surface area contributed by atoms with Gasteiger partial charge in [-0.05, 0) is 24.3 Å². The van der Waals surface area contributed by atoms with Crippen molar-refractivity contribution in [3.8, 4) is 0 Å². The van der Waals surface area contributed by atoms with Crippen LogP contribution >= 0.6 is 7.26 Å². The molecule has 2 N–H and O–H groups in total. The van der Waals surface area contributed by atoms with E-state index < -0.39 is 19.2 Å². The van der Waals surface area contributed by atoms with Gasteiger partial charge in [-0.3, -0.25) is 0 Å². The Labute approximate surface area is 178 Å². The third kappa shape index (κ3) is 12.0. The maximum atomic E-state index is 10.3. The standard InChI is InChI=1S/C16H37P.C8H6O4/c1-5-9-13-17(14-10-6-2,15-11-7-3)16-12-8-4;9-7(10)5-1-2-6(4-3-5)8(11)12/h17H,5-16H2,1-4H3;1-4H,(H,9,10)(H,11,12). The van der Waals surface area contributed by atoms with Gasteiger partial charge in [0.05, 0.1) is 11.1 Å². The summed E-state index contributed by atoms with van der Waals surface area (Å²) in [6, 6.07) is 5.02. The van der Waals surface area contributed by atoms with E-state index in [-0.39, 0.29) is 11.1 Å². The monoisotopic (exact) mass is 426 g/mol. The Morgan fingerprint density at radius 3 is 1.03 bits per heavy atom. The minimum atomic E-state index is -1.06. The van der Waals surface area contributed by atoms with Crippen LogP contribution in [-0.2, 0) is 0 Å². The summed E-state index contributed by atoms with van der Waals surface area (Å²) >= 11 is 0. The van der Waals surface area contributed by atoms with Crippen LogP contribution in [0, 0.1) is 0 Å². The Kier molecular flexibility index (Phi) is 15.6. The Hall–Kier alpha value is -1.41. The molecule has 0 aliphatic rings. The molecule has 0 aliphatic heterocycles. The third-order valence-electron chi connectivity index (χ3n) is 5.62. The summed E-state index contributed by atoms with van der Waals surface area (Å²) in [4.78, 5) is 20.7. The van der Waals surface area contributed by atoms with Crippen molar-refractivity contribution in [2.45, 2.75) is 79.1 Å². The molecule has 0 saturated heterocycles. The van der Waals surface area contributed by atoms with Crippen molar-refractivity contribution >= 4 is 19.2 Å². The number of rotatable bonds is 14. The second-order valence-corrected chi connectivity index (χ2v) is 13.1. The zero-order chi connectivity index (χ0) is 22.1. The van der Waals surface area contributed by atoms with Gasteiger partial charge in [-0.15, -0.1) is 0 Å². The van der Waals surface area contributed by atoms with Crippen LogP contribution < -0.4 is 0 Å². The van der Waals surface area contributed by atoms with E-state index in [0.29, 0.717) is 0 Å². The van der Waals surface area contributed by atoms with E-state index in [1.807, 2.05) is 0 Å². The molecule has 5 heteroatoms. The molecule has 0 amide bonds. The predicted molar refractivity (Wildman–Crippen MR) is 128 cm³/mol. The molecule has 0 aromatic heterocycles. The quantitative estimate of drug-likeness (QED) is 0.313. The molecule has 0 aliphatic carbocycles. The molecule has 0 bridgehead atoms. The van der Waals surface area contributed by atoms with Gasteiger partial charge in [0.2, 0.25) is 0 Å². The van der Waals surface area contributed by atoms with Gasteiger partial charge in [0.1, 0.15) is 0 Å². The zero-order valence-corrected chi connectivity index (χ0v) is 20.0. The molecular formula is C24H43O4P. The van der Waals surface area contributed by atoms with E-state index in [9.17, 15) is 9.59 Å². The van der Waals surface area contributed by atoms with Crippen LogP contribution in [0.15, 0.2) is 24.3 Å². The Balaban J connectivity index is 0.000000571. The number of hydrogen-bond donors (Lipinski definition) is 2. The fraction of sp³-hybridized carbons (Fsp3) is 0.667. The molecule has 4 nitrogen and oxygen atoms in total. The van der Waals surface area contributed by atoms with Crippen LogP contribution in [0.4, 0.5) is 0 Å². The van der Waals surface area contributed by atoms with Gasteiger partial charge in [0.15, 0.2) is 0 Å². The van der Waals surface area contributed by atoms with E-state index in [0.717, 1.165) is 0 Å². The molecule has 1 rings (SSSR count). The zero-order valence-electron chi connectivity index (χ0n) is 19.0. The summed E-state index contributed by atoms with van der Waals surface area (Å²) < 4.78 is 0. The molecule has 0 fully saturated rings. The maximum absolute atomic E-state index is 10.3. The number of carboxylic acids is 2. The fourth-order valence-electron chi connectivity index (χ4n) is 3.71.